The van der Waals surface area contributed by atoms with Gasteiger partial charge in [0.05, 0.1) is 0 Å². The highest BCUT2D eigenvalue weighted by atomic mass is 16.1. The van der Waals surface area contributed by atoms with E-state index in [1.165, 1.54) is 25.7 Å². The van der Waals surface area contributed by atoms with Gasteiger partial charge in [-0.2, -0.15) is 0 Å². The first-order valence-corrected chi connectivity index (χ1v) is 6.48. The van der Waals surface area contributed by atoms with Crippen LogP contribution in [0.5, 0.6) is 0 Å². The molecule has 1 aliphatic carbocycles. The Morgan fingerprint density at radius 1 is 1.47 bits per heavy atom. The zero-order valence-electron chi connectivity index (χ0n) is 10.2. The van der Waals surface area contributed by atoms with Gasteiger partial charge >= 0.3 is 0 Å². The van der Waals surface area contributed by atoms with Gasteiger partial charge in [0, 0.05) is 12.8 Å². The van der Waals surface area contributed by atoms with Gasteiger partial charge in [-0.15, -0.1) is 0 Å². The van der Waals surface area contributed by atoms with Crippen molar-refractivity contribution in [1.82, 2.24) is 0 Å². The van der Waals surface area contributed by atoms with E-state index in [0.29, 0.717) is 11.7 Å². The van der Waals surface area contributed by atoms with E-state index in [1.54, 1.807) is 5.57 Å². The van der Waals surface area contributed by atoms with Gasteiger partial charge in [0.1, 0.15) is 5.78 Å². The molecule has 0 aromatic carbocycles. The molecule has 1 saturated carbocycles. The van der Waals surface area contributed by atoms with Gasteiger partial charge in [-0.3, -0.25) is 4.79 Å². The number of carbonyl (C=O) groups excluding carboxylic acids is 1. The Hall–Kier alpha value is -0.590. The third-order valence-electron chi connectivity index (χ3n) is 3.29. The summed E-state index contributed by atoms with van der Waals surface area (Å²) in [5, 5.41) is 0. The van der Waals surface area contributed by atoms with E-state index in [2.05, 4.69) is 19.9 Å². The van der Waals surface area contributed by atoms with Crippen molar-refractivity contribution in [3.05, 3.63) is 11.6 Å². The maximum absolute atomic E-state index is 11.4. The molecule has 0 N–H and O–H groups in total. The molecule has 1 fully saturated rings. The van der Waals surface area contributed by atoms with E-state index in [1.807, 2.05) is 0 Å². The highest BCUT2D eigenvalue weighted by molar-refractivity contribution is 5.79. The van der Waals surface area contributed by atoms with Crippen LogP contribution in [0.15, 0.2) is 11.6 Å². The van der Waals surface area contributed by atoms with Gasteiger partial charge < -0.3 is 0 Å². The maximum atomic E-state index is 11.4. The summed E-state index contributed by atoms with van der Waals surface area (Å²) < 4.78 is 0. The Labute approximate surface area is 93.9 Å². The molecule has 1 aliphatic rings. The van der Waals surface area contributed by atoms with Gasteiger partial charge in [0.15, 0.2) is 0 Å². The van der Waals surface area contributed by atoms with Gasteiger partial charge in [0.2, 0.25) is 0 Å². The lowest BCUT2D eigenvalue weighted by Crippen LogP contribution is -2.17. The number of hydrogen-bond donors (Lipinski definition) is 0. The number of hydrogen-bond acceptors (Lipinski definition) is 1. The molecule has 1 nitrogen and oxygen atoms in total. The number of carbonyl (C=O) groups is 1. The van der Waals surface area contributed by atoms with Crippen LogP contribution < -0.4 is 0 Å². The Morgan fingerprint density at radius 3 is 2.87 bits per heavy atom. The molecule has 0 bridgehead atoms. The molecule has 0 spiro atoms. The molecule has 0 heterocycles. The molecule has 1 heteroatoms. The SMILES string of the molecule is CC/C=C(\CCCC)C1CCCC(=O)C1. The van der Waals surface area contributed by atoms with Gasteiger partial charge in [-0.05, 0) is 38.0 Å². The normalized spacial score (nSPS) is 23.2. The summed E-state index contributed by atoms with van der Waals surface area (Å²) in [5.41, 5.74) is 1.56. The highest BCUT2D eigenvalue weighted by Gasteiger charge is 2.21. The minimum atomic E-state index is 0.477. The summed E-state index contributed by atoms with van der Waals surface area (Å²) in [6.07, 6.45) is 11.2. The summed E-state index contributed by atoms with van der Waals surface area (Å²) in [6, 6.07) is 0. The molecule has 0 radical (unpaired) electrons. The predicted octanol–water partition coefficient (Wildman–Crippen LogP) is 4.27. The Balaban J connectivity index is 2.54. The van der Waals surface area contributed by atoms with Crippen LogP contribution in [0.4, 0.5) is 0 Å². The van der Waals surface area contributed by atoms with E-state index in [4.69, 9.17) is 0 Å². The first kappa shape index (κ1) is 12.5. The molecule has 0 aromatic heterocycles. The second-order valence-corrected chi connectivity index (χ2v) is 4.62. The smallest absolute Gasteiger partial charge is 0.133 e. The summed E-state index contributed by atoms with van der Waals surface area (Å²) in [5.74, 6) is 1.06. The van der Waals surface area contributed by atoms with E-state index in [0.717, 1.165) is 25.7 Å². The van der Waals surface area contributed by atoms with E-state index >= 15 is 0 Å². The fourth-order valence-corrected chi connectivity index (χ4v) is 2.46. The standard InChI is InChI=1S/C14H24O/c1-3-5-8-12(7-4-2)13-9-6-10-14(15)11-13/h7,13H,3-6,8-11H2,1-2H3/b12-7+. The molecule has 0 amide bonds. The van der Waals surface area contributed by atoms with Crippen LogP contribution in [0, 0.1) is 5.92 Å². The van der Waals surface area contributed by atoms with E-state index in [9.17, 15) is 4.79 Å². The fraction of sp³-hybridized carbons (Fsp3) is 0.786. The zero-order valence-corrected chi connectivity index (χ0v) is 10.2. The van der Waals surface area contributed by atoms with Crippen LogP contribution in [0.3, 0.4) is 0 Å². The van der Waals surface area contributed by atoms with Crippen molar-refractivity contribution in [3.8, 4) is 0 Å². The van der Waals surface area contributed by atoms with Gasteiger partial charge in [0.25, 0.3) is 0 Å². The van der Waals surface area contributed by atoms with Crippen molar-refractivity contribution in [2.24, 2.45) is 5.92 Å². The monoisotopic (exact) mass is 208 g/mol. The molecule has 1 rings (SSSR count). The average Bonchev–Trinajstić information content (AvgIpc) is 2.24. The van der Waals surface area contributed by atoms with Crippen LogP contribution in [0.1, 0.15) is 65.2 Å². The lowest BCUT2D eigenvalue weighted by atomic mass is 9.81. The second-order valence-electron chi connectivity index (χ2n) is 4.62. The van der Waals surface area contributed by atoms with Gasteiger partial charge in [-0.25, -0.2) is 0 Å². The fourth-order valence-electron chi connectivity index (χ4n) is 2.46. The summed E-state index contributed by atoms with van der Waals surface area (Å²) >= 11 is 0. The number of allylic oxidation sites excluding steroid dienone is 2. The van der Waals surface area contributed by atoms with Crippen LogP contribution in [-0.4, -0.2) is 5.78 Å². The molecule has 0 aromatic rings. The average molecular weight is 208 g/mol. The van der Waals surface area contributed by atoms with Crippen LogP contribution >= 0.6 is 0 Å². The lowest BCUT2D eigenvalue weighted by Gasteiger charge is -2.24. The number of rotatable bonds is 5. The van der Waals surface area contributed by atoms with E-state index in [-0.39, 0.29) is 0 Å². The Bertz CT molecular complexity index is 227. The van der Waals surface area contributed by atoms with Crippen molar-refractivity contribution in [2.75, 3.05) is 0 Å². The molecule has 86 valence electrons. The molecular formula is C14H24O. The summed E-state index contributed by atoms with van der Waals surface area (Å²) in [7, 11) is 0. The molecule has 0 saturated heterocycles. The summed E-state index contributed by atoms with van der Waals surface area (Å²) in [6.45, 7) is 4.42. The quantitative estimate of drug-likeness (QED) is 0.616. The lowest BCUT2D eigenvalue weighted by molar-refractivity contribution is -0.121. The minimum Gasteiger partial charge on any atom is -0.300 e. The highest BCUT2D eigenvalue weighted by Crippen LogP contribution is 2.30. The maximum Gasteiger partial charge on any atom is 0.133 e. The molecule has 1 atom stereocenters. The molecule has 0 aliphatic heterocycles. The Morgan fingerprint density at radius 2 is 2.27 bits per heavy atom. The first-order chi connectivity index (χ1) is 7.27. The van der Waals surface area contributed by atoms with Gasteiger partial charge in [-0.1, -0.05) is 31.9 Å². The van der Waals surface area contributed by atoms with Crippen LogP contribution in [0.2, 0.25) is 0 Å². The van der Waals surface area contributed by atoms with Crippen molar-refractivity contribution >= 4 is 5.78 Å². The van der Waals surface area contributed by atoms with E-state index < -0.39 is 0 Å². The van der Waals surface area contributed by atoms with Crippen molar-refractivity contribution in [1.29, 1.82) is 0 Å². The van der Waals surface area contributed by atoms with Crippen molar-refractivity contribution in [2.45, 2.75) is 65.2 Å². The van der Waals surface area contributed by atoms with Crippen LogP contribution in [0.25, 0.3) is 0 Å². The number of Topliss-reactive ketones (excluding diaryl/α,β-unsaturated/α-hetero) is 1. The summed E-state index contributed by atoms with van der Waals surface area (Å²) in [4.78, 5) is 11.4. The molecule has 1 unspecified atom stereocenters. The topological polar surface area (TPSA) is 17.1 Å². The minimum absolute atomic E-state index is 0.477. The number of unbranched alkanes of at least 4 members (excludes halogenated alkanes) is 1. The van der Waals surface area contributed by atoms with Crippen LogP contribution in [-0.2, 0) is 4.79 Å². The second kappa shape index (κ2) is 6.81. The predicted molar refractivity (Wildman–Crippen MR) is 64.9 cm³/mol. The third kappa shape index (κ3) is 4.19. The van der Waals surface area contributed by atoms with Crippen molar-refractivity contribution in [3.63, 3.8) is 0 Å². The third-order valence-corrected chi connectivity index (χ3v) is 3.29. The Kier molecular flexibility index (Phi) is 5.67. The zero-order chi connectivity index (χ0) is 11.1. The molecular weight excluding hydrogens is 184 g/mol. The first-order valence-electron chi connectivity index (χ1n) is 6.48. The molecule has 15 heavy (non-hydrogen) atoms. The largest absolute Gasteiger partial charge is 0.300 e. The van der Waals surface area contributed by atoms with Crippen molar-refractivity contribution < 1.29 is 4.79 Å². The number of ketones is 1.